The van der Waals surface area contributed by atoms with E-state index in [1.807, 2.05) is 72.8 Å². The number of hydrogen-bond donors (Lipinski definition) is 0. The molecule has 0 radical (unpaired) electrons. The highest BCUT2D eigenvalue weighted by atomic mass is 16.5. The van der Waals surface area contributed by atoms with Gasteiger partial charge < -0.3 is 18.6 Å². The van der Waals surface area contributed by atoms with E-state index in [0.29, 0.717) is 22.6 Å². The molecule has 0 fully saturated rings. The van der Waals surface area contributed by atoms with Crippen molar-refractivity contribution >= 4 is 12.1 Å². The maximum absolute atomic E-state index is 10.0. The molecule has 0 saturated carbocycles. The van der Waals surface area contributed by atoms with E-state index in [2.05, 4.69) is 11.1 Å². The third-order valence-electron chi connectivity index (χ3n) is 5.19. The number of nitriles is 1. The summed E-state index contributed by atoms with van der Waals surface area (Å²) < 4.78 is 22.1. The Morgan fingerprint density at radius 2 is 1.39 bits per heavy atom. The first kappa shape index (κ1) is 21.7. The molecule has 0 saturated heterocycles. The molecule has 0 aliphatic heterocycles. The molecule has 0 unspecified atom stereocenters. The van der Waals surface area contributed by atoms with E-state index in [9.17, 15) is 5.26 Å². The molecule has 33 heavy (non-hydrogen) atoms. The Balaban J connectivity index is 1.88. The van der Waals surface area contributed by atoms with Crippen LogP contribution in [0.5, 0.6) is 17.2 Å². The van der Waals surface area contributed by atoms with Gasteiger partial charge in [-0.3, -0.25) is 0 Å². The van der Waals surface area contributed by atoms with Crippen LogP contribution in [-0.2, 0) is 0 Å². The van der Waals surface area contributed by atoms with Crippen molar-refractivity contribution in [2.24, 2.45) is 4.99 Å². The molecule has 0 amide bonds. The molecule has 1 aromatic heterocycles. The fourth-order valence-corrected chi connectivity index (χ4v) is 3.49. The van der Waals surface area contributed by atoms with Crippen molar-refractivity contribution in [3.05, 3.63) is 83.9 Å². The van der Waals surface area contributed by atoms with Crippen LogP contribution < -0.4 is 14.2 Å². The van der Waals surface area contributed by atoms with Gasteiger partial charge in [-0.05, 0) is 54.1 Å². The number of nitrogens with zero attached hydrogens (tertiary/aromatic N) is 2. The predicted molar refractivity (Wildman–Crippen MR) is 128 cm³/mol. The molecule has 3 aromatic carbocycles. The molecule has 4 aromatic rings. The first-order valence-electron chi connectivity index (χ1n) is 10.2. The number of benzene rings is 3. The summed E-state index contributed by atoms with van der Waals surface area (Å²) in [5.74, 6) is 2.90. The van der Waals surface area contributed by atoms with Gasteiger partial charge in [-0.1, -0.05) is 24.3 Å². The summed E-state index contributed by atoms with van der Waals surface area (Å²) in [4.78, 5) is 4.51. The van der Waals surface area contributed by atoms with E-state index in [1.165, 1.54) is 0 Å². The molecule has 0 N–H and O–H groups in total. The van der Waals surface area contributed by atoms with Crippen LogP contribution >= 0.6 is 0 Å². The minimum absolute atomic E-state index is 0.222. The van der Waals surface area contributed by atoms with E-state index < -0.39 is 0 Å². The van der Waals surface area contributed by atoms with Crippen molar-refractivity contribution in [3.63, 3.8) is 0 Å². The molecule has 0 bridgehead atoms. The number of hydrogen-bond acceptors (Lipinski definition) is 6. The van der Waals surface area contributed by atoms with E-state index >= 15 is 0 Å². The number of aliphatic imine (C=N–C) groups is 1. The Hall–Kier alpha value is -4.50. The third kappa shape index (κ3) is 4.43. The van der Waals surface area contributed by atoms with Gasteiger partial charge in [-0.25, -0.2) is 4.99 Å². The lowest BCUT2D eigenvalue weighted by Gasteiger charge is -2.06. The molecule has 164 valence electrons. The van der Waals surface area contributed by atoms with Gasteiger partial charge in [-0.15, -0.1) is 0 Å². The van der Waals surface area contributed by atoms with E-state index in [0.717, 1.165) is 28.2 Å². The smallest absolute Gasteiger partial charge is 0.238 e. The first-order valence-corrected chi connectivity index (χ1v) is 10.2. The average molecular weight is 438 g/mol. The Morgan fingerprint density at radius 1 is 0.788 bits per heavy atom. The van der Waals surface area contributed by atoms with Crippen molar-refractivity contribution in [1.29, 1.82) is 5.26 Å². The summed E-state index contributed by atoms with van der Waals surface area (Å²) in [6.45, 7) is 0. The van der Waals surface area contributed by atoms with E-state index in [1.54, 1.807) is 27.5 Å². The van der Waals surface area contributed by atoms with E-state index in [4.69, 9.17) is 18.6 Å². The Kier molecular flexibility index (Phi) is 6.42. The molecular weight excluding hydrogens is 416 g/mol. The fourth-order valence-electron chi connectivity index (χ4n) is 3.49. The summed E-state index contributed by atoms with van der Waals surface area (Å²) in [6.07, 6.45) is 1.63. The lowest BCUT2D eigenvalue weighted by molar-refractivity contribution is 0.414. The SMILES string of the molecule is COc1ccc(-c2oc(N=Cc3ccccc3OC)c(C#N)c2-c2ccc(OC)cc2)cc1. The van der Waals surface area contributed by atoms with Gasteiger partial charge in [-0.2, -0.15) is 5.26 Å². The van der Waals surface area contributed by atoms with Gasteiger partial charge in [0, 0.05) is 22.9 Å². The number of para-hydroxylation sites is 1. The Morgan fingerprint density at radius 3 is 1.97 bits per heavy atom. The number of rotatable bonds is 7. The predicted octanol–water partition coefficient (Wildman–Crippen LogP) is 6.26. The first-order chi connectivity index (χ1) is 16.2. The summed E-state index contributed by atoms with van der Waals surface area (Å²) in [7, 11) is 4.83. The Labute approximate surface area is 192 Å². The third-order valence-corrected chi connectivity index (χ3v) is 5.19. The molecule has 4 rings (SSSR count). The van der Waals surface area contributed by atoms with Gasteiger partial charge in [0.25, 0.3) is 0 Å². The van der Waals surface area contributed by atoms with Crippen LogP contribution in [0.2, 0.25) is 0 Å². The van der Waals surface area contributed by atoms with Crippen LogP contribution in [0.15, 0.2) is 82.2 Å². The standard InChI is InChI=1S/C27H22N2O4/c1-30-21-12-8-18(9-13-21)25-23(16-28)27(29-17-20-6-4-5-7-24(20)32-3)33-26(25)19-10-14-22(31-2)15-11-19/h4-15,17H,1-3H3. The van der Waals surface area contributed by atoms with Gasteiger partial charge >= 0.3 is 0 Å². The average Bonchev–Trinajstić information content (AvgIpc) is 3.26. The second-order valence-corrected chi connectivity index (χ2v) is 7.06. The minimum atomic E-state index is 0.222. The van der Waals surface area contributed by atoms with Crippen molar-refractivity contribution < 1.29 is 18.6 Å². The topological polar surface area (TPSA) is 77.0 Å². The summed E-state index contributed by atoms with van der Waals surface area (Å²) in [6, 6.07) is 24.7. The monoisotopic (exact) mass is 438 g/mol. The van der Waals surface area contributed by atoms with Crippen molar-refractivity contribution in [2.45, 2.75) is 0 Å². The summed E-state index contributed by atoms with van der Waals surface area (Å²) in [5, 5.41) is 10.0. The highest BCUT2D eigenvalue weighted by Gasteiger charge is 2.23. The number of methoxy groups -OCH3 is 3. The highest BCUT2D eigenvalue weighted by Crippen LogP contribution is 2.43. The summed E-state index contributed by atoms with van der Waals surface area (Å²) >= 11 is 0. The molecule has 0 aliphatic rings. The van der Waals surface area contributed by atoms with Crippen molar-refractivity contribution in [1.82, 2.24) is 0 Å². The molecule has 6 nitrogen and oxygen atoms in total. The zero-order valence-corrected chi connectivity index (χ0v) is 18.5. The summed E-state index contributed by atoms with van der Waals surface area (Å²) in [5.41, 5.74) is 3.41. The van der Waals surface area contributed by atoms with Gasteiger partial charge in [0.05, 0.1) is 21.3 Å². The molecular formula is C27H22N2O4. The van der Waals surface area contributed by atoms with Crippen molar-refractivity contribution in [2.75, 3.05) is 21.3 Å². The molecule has 6 heteroatoms. The normalized spacial score (nSPS) is 10.7. The largest absolute Gasteiger partial charge is 0.497 e. The minimum Gasteiger partial charge on any atom is -0.497 e. The number of furan rings is 1. The molecule has 0 atom stereocenters. The van der Waals surface area contributed by atoms with Gasteiger partial charge in [0.15, 0.2) is 0 Å². The molecule has 0 spiro atoms. The lowest BCUT2D eigenvalue weighted by atomic mass is 9.98. The lowest BCUT2D eigenvalue weighted by Crippen LogP contribution is -1.89. The van der Waals surface area contributed by atoms with Gasteiger partial charge in [0.1, 0.15) is 34.6 Å². The van der Waals surface area contributed by atoms with E-state index in [-0.39, 0.29) is 5.88 Å². The van der Waals surface area contributed by atoms with Crippen LogP contribution in [0.25, 0.3) is 22.5 Å². The maximum Gasteiger partial charge on any atom is 0.238 e. The molecule has 1 heterocycles. The quantitative estimate of drug-likeness (QED) is 0.318. The highest BCUT2D eigenvalue weighted by molar-refractivity contribution is 5.90. The molecule has 0 aliphatic carbocycles. The maximum atomic E-state index is 10.0. The number of ether oxygens (including phenoxy) is 3. The van der Waals surface area contributed by atoms with Crippen LogP contribution in [0.4, 0.5) is 5.88 Å². The van der Waals surface area contributed by atoms with Crippen LogP contribution in [-0.4, -0.2) is 27.5 Å². The van der Waals surface area contributed by atoms with Gasteiger partial charge in [0.2, 0.25) is 5.88 Å². The Bertz CT molecular complexity index is 1310. The fraction of sp³-hybridized carbons (Fsp3) is 0.111. The zero-order chi connectivity index (χ0) is 23.2. The second-order valence-electron chi connectivity index (χ2n) is 7.06. The van der Waals surface area contributed by atoms with Crippen LogP contribution in [0.3, 0.4) is 0 Å². The zero-order valence-electron chi connectivity index (χ0n) is 18.5. The second kappa shape index (κ2) is 9.75. The van der Waals surface area contributed by atoms with Crippen molar-refractivity contribution in [3.8, 4) is 45.8 Å². The van der Waals surface area contributed by atoms with Crippen LogP contribution in [0.1, 0.15) is 11.1 Å². The van der Waals surface area contributed by atoms with Crippen LogP contribution in [0, 0.1) is 11.3 Å².